The summed E-state index contributed by atoms with van der Waals surface area (Å²) in [5.41, 5.74) is 0. The summed E-state index contributed by atoms with van der Waals surface area (Å²) in [5, 5.41) is 13.0. The Labute approximate surface area is 83.2 Å². The van der Waals surface area contributed by atoms with Gasteiger partial charge in [-0.1, -0.05) is 42.5 Å². The number of benzene rings is 2. The molecule has 0 fully saturated rings. The van der Waals surface area contributed by atoms with Gasteiger partial charge in [0.25, 0.3) is 0 Å². The van der Waals surface area contributed by atoms with Gasteiger partial charge < -0.3 is 5.11 Å². The summed E-state index contributed by atoms with van der Waals surface area (Å²) in [6, 6.07) is 12.9. The van der Waals surface area contributed by atoms with Gasteiger partial charge in [-0.3, -0.25) is 0 Å². The molecule has 0 radical (unpaired) electrons. The van der Waals surface area contributed by atoms with Gasteiger partial charge >= 0.3 is 18.9 Å². The molecule has 0 amide bonds. The van der Waals surface area contributed by atoms with Crippen LogP contribution in [0.15, 0.2) is 42.5 Å². The first-order chi connectivity index (χ1) is 5.36. The minimum absolute atomic E-state index is 0. The fraction of sp³-hybridized carbons (Fsp3) is 0. The second-order valence-electron chi connectivity index (χ2n) is 2.51. The van der Waals surface area contributed by atoms with Crippen molar-refractivity contribution >= 4 is 10.8 Å². The topological polar surface area (TPSA) is 23.1 Å². The summed E-state index contributed by atoms with van der Waals surface area (Å²) in [5.74, 6) is 0.0729. The Morgan fingerprint density at radius 3 is 2.25 bits per heavy atom. The molecular weight excluding hydrogens is 143 g/mol. The van der Waals surface area contributed by atoms with Crippen molar-refractivity contribution in [1.82, 2.24) is 0 Å². The molecule has 0 aliphatic rings. The van der Waals surface area contributed by atoms with E-state index >= 15 is 0 Å². The zero-order valence-electron chi connectivity index (χ0n) is 6.95. The fourth-order valence-electron chi connectivity index (χ4n) is 1.17. The van der Waals surface area contributed by atoms with Gasteiger partial charge in [0.15, 0.2) is 0 Å². The summed E-state index contributed by atoms with van der Waals surface area (Å²) in [6.07, 6.45) is 0. The van der Waals surface area contributed by atoms with Crippen molar-refractivity contribution in [3.63, 3.8) is 0 Å². The van der Waals surface area contributed by atoms with Gasteiger partial charge in [0.05, 0.1) is 0 Å². The minimum Gasteiger partial charge on any atom is -0.872 e. The molecule has 54 valence electrons. The average Bonchev–Trinajstić information content (AvgIpc) is 2.04. The number of fused-ring (bicyclic) bond motifs is 1. The first-order valence-electron chi connectivity index (χ1n) is 3.52. The molecule has 0 saturated heterocycles. The summed E-state index contributed by atoms with van der Waals surface area (Å²) in [4.78, 5) is 0. The summed E-state index contributed by atoms with van der Waals surface area (Å²) in [6.45, 7) is 0. The van der Waals surface area contributed by atoms with E-state index in [1.165, 1.54) is 0 Å². The molecule has 0 unspecified atom stereocenters. The molecule has 2 heteroatoms. The van der Waals surface area contributed by atoms with Gasteiger partial charge in [0, 0.05) is 0 Å². The summed E-state index contributed by atoms with van der Waals surface area (Å²) >= 11 is 0. The van der Waals surface area contributed by atoms with Crippen LogP contribution >= 0.6 is 0 Å². The fourth-order valence-corrected chi connectivity index (χ4v) is 1.17. The van der Waals surface area contributed by atoms with E-state index in [1.807, 2.05) is 30.3 Å². The first kappa shape index (κ1) is 9.19. The molecular formula is C10H7LiO. The largest absolute Gasteiger partial charge is 1.00 e. The minimum atomic E-state index is 0. The molecule has 0 aliphatic heterocycles. The van der Waals surface area contributed by atoms with Gasteiger partial charge in [0.2, 0.25) is 0 Å². The van der Waals surface area contributed by atoms with Crippen LogP contribution in [-0.2, 0) is 0 Å². The Hall–Kier alpha value is -0.903. The van der Waals surface area contributed by atoms with Crippen molar-refractivity contribution in [2.45, 2.75) is 0 Å². The molecule has 0 aliphatic carbocycles. The van der Waals surface area contributed by atoms with Crippen molar-refractivity contribution in [1.29, 1.82) is 0 Å². The third-order valence-electron chi connectivity index (χ3n) is 1.72. The molecule has 0 saturated carbocycles. The van der Waals surface area contributed by atoms with Gasteiger partial charge in [-0.05, 0) is 10.8 Å². The van der Waals surface area contributed by atoms with Crippen molar-refractivity contribution in [2.24, 2.45) is 0 Å². The molecule has 2 aromatic carbocycles. The molecule has 0 atom stereocenters. The van der Waals surface area contributed by atoms with E-state index in [9.17, 15) is 5.11 Å². The molecule has 2 aromatic rings. The van der Waals surface area contributed by atoms with Crippen LogP contribution in [0.25, 0.3) is 10.8 Å². The van der Waals surface area contributed by atoms with E-state index < -0.39 is 0 Å². The Morgan fingerprint density at radius 1 is 0.833 bits per heavy atom. The average molecular weight is 150 g/mol. The number of rotatable bonds is 0. The van der Waals surface area contributed by atoms with Gasteiger partial charge in [-0.2, -0.15) is 0 Å². The monoisotopic (exact) mass is 150 g/mol. The smallest absolute Gasteiger partial charge is 0.872 e. The first-order valence-corrected chi connectivity index (χ1v) is 3.52. The maximum Gasteiger partial charge on any atom is 1.00 e. The third kappa shape index (κ3) is 1.64. The molecule has 0 N–H and O–H groups in total. The van der Waals surface area contributed by atoms with Crippen LogP contribution in [0.5, 0.6) is 5.75 Å². The molecule has 0 heterocycles. The van der Waals surface area contributed by atoms with E-state index in [0.717, 1.165) is 10.8 Å². The van der Waals surface area contributed by atoms with Crippen LogP contribution in [-0.4, -0.2) is 0 Å². The Balaban J connectivity index is 0.000000720. The summed E-state index contributed by atoms with van der Waals surface area (Å²) in [7, 11) is 0. The van der Waals surface area contributed by atoms with E-state index in [0.29, 0.717) is 0 Å². The molecule has 12 heavy (non-hydrogen) atoms. The predicted octanol–water partition coefficient (Wildman–Crippen LogP) is -1.08. The van der Waals surface area contributed by atoms with Gasteiger partial charge in [-0.25, -0.2) is 0 Å². The standard InChI is InChI=1S/C10H8O.Li/c11-10-6-5-8-3-1-2-4-9(8)7-10;/h1-7,11H;/q;+1/p-1. The second-order valence-corrected chi connectivity index (χ2v) is 2.51. The molecule has 0 spiro atoms. The Kier molecular flexibility index (Phi) is 2.81. The quantitative estimate of drug-likeness (QED) is 0.438. The predicted molar refractivity (Wildman–Crippen MR) is 43.4 cm³/mol. The normalized spacial score (nSPS) is 9.33. The van der Waals surface area contributed by atoms with E-state index in [4.69, 9.17) is 0 Å². The van der Waals surface area contributed by atoms with Crippen LogP contribution in [0.1, 0.15) is 0 Å². The SMILES string of the molecule is [Li+].[O-]c1ccc2ccccc2c1. The van der Waals surface area contributed by atoms with Gasteiger partial charge in [0.1, 0.15) is 0 Å². The zero-order valence-corrected chi connectivity index (χ0v) is 6.95. The molecule has 2 rings (SSSR count). The van der Waals surface area contributed by atoms with E-state index in [1.54, 1.807) is 12.1 Å². The van der Waals surface area contributed by atoms with E-state index in [2.05, 4.69) is 0 Å². The maximum atomic E-state index is 10.9. The van der Waals surface area contributed by atoms with Crippen LogP contribution in [0.4, 0.5) is 0 Å². The zero-order chi connectivity index (χ0) is 7.68. The summed E-state index contributed by atoms with van der Waals surface area (Å²) < 4.78 is 0. The van der Waals surface area contributed by atoms with Crippen molar-refractivity contribution in [3.8, 4) is 5.75 Å². The third-order valence-corrected chi connectivity index (χ3v) is 1.72. The van der Waals surface area contributed by atoms with Crippen LogP contribution in [0.2, 0.25) is 0 Å². The van der Waals surface area contributed by atoms with Gasteiger partial charge in [-0.15, -0.1) is 5.75 Å². The van der Waals surface area contributed by atoms with Crippen LogP contribution in [0.3, 0.4) is 0 Å². The second kappa shape index (κ2) is 3.67. The van der Waals surface area contributed by atoms with E-state index in [-0.39, 0.29) is 24.6 Å². The van der Waals surface area contributed by atoms with Crippen LogP contribution < -0.4 is 24.0 Å². The van der Waals surface area contributed by atoms with Crippen molar-refractivity contribution in [3.05, 3.63) is 42.5 Å². The molecule has 1 nitrogen and oxygen atoms in total. The maximum absolute atomic E-state index is 10.9. The Morgan fingerprint density at radius 2 is 1.50 bits per heavy atom. The Bertz CT molecular complexity index is 384. The molecule has 0 bridgehead atoms. The van der Waals surface area contributed by atoms with Crippen molar-refractivity contribution in [2.75, 3.05) is 0 Å². The number of hydrogen-bond acceptors (Lipinski definition) is 1. The van der Waals surface area contributed by atoms with Crippen LogP contribution in [0, 0.1) is 0 Å². The van der Waals surface area contributed by atoms with Crippen molar-refractivity contribution < 1.29 is 24.0 Å². The number of hydrogen-bond donors (Lipinski definition) is 0. The molecule has 0 aromatic heterocycles.